The van der Waals surface area contributed by atoms with E-state index in [1.165, 1.54) is 0 Å². The van der Waals surface area contributed by atoms with Crippen LogP contribution in [0.1, 0.15) is 13.8 Å². The fourth-order valence-electron chi connectivity index (χ4n) is 2.48. The van der Waals surface area contributed by atoms with Gasteiger partial charge in [0, 0.05) is 30.6 Å². The third-order valence-corrected chi connectivity index (χ3v) is 5.61. The fourth-order valence-corrected chi connectivity index (χ4v) is 4.17. The van der Waals surface area contributed by atoms with Gasteiger partial charge in [-0.25, -0.2) is 14.6 Å². The van der Waals surface area contributed by atoms with Crippen molar-refractivity contribution in [1.82, 2.24) is 19.7 Å². The lowest BCUT2D eigenvalue weighted by molar-refractivity contribution is 0.622. The molecule has 0 radical (unpaired) electrons. The van der Waals surface area contributed by atoms with Gasteiger partial charge in [0.15, 0.2) is 5.65 Å². The van der Waals surface area contributed by atoms with E-state index in [4.69, 9.17) is 0 Å². The highest BCUT2D eigenvalue weighted by molar-refractivity contribution is 9.10. The van der Waals surface area contributed by atoms with Gasteiger partial charge in [-0.15, -0.1) is 0 Å². The first-order chi connectivity index (χ1) is 9.09. The molecule has 19 heavy (non-hydrogen) atoms. The highest BCUT2D eigenvalue weighted by Crippen LogP contribution is 2.34. The Bertz CT molecular complexity index is 613. The Kier molecular flexibility index (Phi) is 3.42. The van der Waals surface area contributed by atoms with E-state index in [1.807, 2.05) is 18.8 Å². The summed E-state index contributed by atoms with van der Waals surface area (Å²) in [7, 11) is 1.90. The molecule has 5 nitrogen and oxygen atoms in total. The molecule has 3 heterocycles. The third-order valence-electron chi connectivity index (χ3n) is 3.71. The summed E-state index contributed by atoms with van der Waals surface area (Å²) in [4.78, 5) is 11.2. The molecule has 1 fully saturated rings. The Hall–Kier alpha value is -0.820. The molecule has 3 rings (SSSR count). The summed E-state index contributed by atoms with van der Waals surface area (Å²) in [6.45, 7) is 5.55. The van der Waals surface area contributed by atoms with Gasteiger partial charge in [-0.1, -0.05) is 6.92 Å². The van der Waals surface area contributed by atoms with Crippen LogP contribution in [0.15, 0.2) is 10.9 Å². The van der Waals surface area contributed by atoms with Crippen LogP contribution in [0, 0.1) is 0 Å². The molecular weight excluding hydrogens is 326 g/mol. The van der Waals surface area contributed by atoms with Crippen molar-refractivity contribution in [2.24, 2.45) is 7.05 Å². The van der Waals surface area contributed by atoms with Gasteiger partial charge >= 0.3 is 0 Å². The van der Waals surface area contributed by atoms with E-state index in [2.05, 4.69) is 49.7 Å². The maximum Gasteiger partial charge on any atom is 0.164 e. The molecule has 0 amide bonds. The maximum atomic E-state index is 4.51. The molecule has 0 N–H and O–H groups in total. The van der Waals surface area contributed by atoms with E-state index in [0.717, 1.165) is 33.8 Å². The van der Waals surface area contributed by atoms with Crippen LogP contribution < -0.4 is 4.90 Å². The molecule has 0 spiro atoms. The van der Waals surface area contributed by atoms with Crippen molar-refractivity contribution in [3.8, 4) is 0 Å². The van der Waals surface area contributed by atoms with Gasteiger partial charge in [-0.3, -0.25) is 0 Å². The molecule has 102 valence electrons. The molecule has 2 atom stereocenters. The van der Waals surface area contributed by atoms with Gasteiger partial charge in [0.25, 0.3) is 0 Å². The molecule has 2 aromatic heterocycles. The van der Waals surface area contributed by atoms with E-state index < -0.39 is 0 Å². The predicted octanol–water partition coefficient (Wildman–Crippen LogP) is 2.46. The first-order valence-electron chi connectivity index (χ1n) is 6.31. The molecule has 0 aromatic carbocycles. The second-order valence-corrected chi connectivity index (χ2v) is 7.06. The standard InChI is InChI=1S/C12H16BrN5S/c1-7-8(2)19-5-4-18(7)12-9-10(13)16-17(3)11(9)14-6-15-12/h6-8H,4-5H2,1-3H3. The van der Waals surface area contributed by atoms with Crippen LogP contribution in [-0.2, 0) is 7.05 Å². The summed E-state index contributed by atoms with van der Waals surface area (Å²) >= 11 is 5.55. The summed E-state index contributed by atoms with van der Waals surface area (Å²) in [6.07, 6.45) is 1.63. The van der Waals surface area contributed by atoms with Gasteiger partial charge in [-0.2, -0.15) is 16.9 Å². The Morgan fingerprint density at radius 1 is 1.37 bits per heavy atom. The fraction of sp³-hybridized carbons (Fsp3) is 0.583. The quantitative estimate of drug-likeness (QED) is 0.797. The van der Waals surface area contributed by atoms with E-state index in [0.29, 0.717) is 11.3 Å². The minimum atomic E-state index is 0.462. The van der Waals surface area contributed by atoms with Gasteiger partial charge in [0.2, 0.25) is 0 Å². The second kappa shape index (κ2) is 4.94. The molecule has 2 unspecified atom stereocenters. The topological polar surface area (TPSA) is 46.8 Å². The average Bonchev–Trinajstić information content (AvgIpc) is 2.69. The van der Waals surface area contributed by atoms with E-state index >= 15 is 0 Å². The van der Waals surface area contributed by atoms with Crippen molar-refractivity contribution >= 4 is 44.5 Å². The zero-order valence-electron chi connectivity index (χ0n) is 11.2. The molecule has 0 aliphatic carbocycles. The predicted molar refractivity (Wildman–Crippen MR) is 82.7 cm³/mol. The van der Waals surface area contributed by atoms with Crippen LogP contribution in [0.5, 0.6) is 0 Å². The Morgan fingerprint density at radius 3 is 2.95 bits per heavy atom. The van der Waals surface area contributed by atoms with Crippen LogP contribution in [0.2, 0.25) is 0 Å². The average molecular weight is 342 g/mol. The lowest BCUT2D eigenvalue weighted by Gasteiger charge is -2.38. The van der Waals surface area contributed by atoms with Crippen molar-refractivity contribution < 1.29 is 0 Å². The molecular formula is C12H16BrN5S. The highest BCUT2D eigenvalue weighted by Gasteiger charge is 2.28. The summed E-state index contributed by atoms with van der Waals surface area (Å²) in [5.41, 5.74) is 0.870. The van der Waals surface area contributed by atoms with Gasteiger partial charge in [0.1, 0.15) is 16.7 Å². The van der Waals surface area contributed by atoms with Crippen molar-refractivity contribution in [2.45, 2.75) is 25.1 Å². The number of nitrogens with zero attached hydrogens (tertiary/aromatic N) is 5. The molecule has 1 aliphatic heterocycles. The zero-order chi connectivity index (χ0) is 13.6. The summed E-state index contributed by atoms with van der Waals surface area (Å²) in [5, 5.41) is 6.00. The van der Waals surface area contributed by atoms with E-state index in [1.54, 1.807) is 11.0 Å². The molecule has 0 saturated carbocycles. The monoisotopic (exact) mass is 341 g/mol. The SMILES string of the molecule is CC1SCCN(c2ncnc3c2c(Br)nn3C)C1C. The number of hydrogen-bond acceptors (Lipinski definition) is 5. The van der Waals surface area contributed by atoms with Gasteiger partial charge in [0.05, 0.1) is 5.39 Å². The normalized spacial score (nSPS) is 24.1. The lowest BCUT2D eigenvalue weighted by atomic mass is 10.2. The minimum Gasteiger partial charge on any atom is -0.351 e. The van der Waals surface area contributed by atoms with Crippen LogP contribution >= 0.6 is 27.7 Å². The number of hydrogen-bond donors (Lipinski definition) is 0. The number of anilines is 1. The number of fused-ring (bicyclic) bond motifs is 1. The van der Waals surface area contributed by atoms with E-state index in [-0.39, 0.29) is 0 Å². The maximum absolute atomic E-state index is 4.51. The summed E-state index contributed by atoms with van der Waals surface area (Å²) < 4.78 is 2.61. The molecule has 7 heteroatoms. The Morgan fingerprint density at radius 2 is 2.16 bits per heavy atom. The van der Waals surface area contributed by atoms with Crippen molar-refractivity contribution in [1.29, 1.82) is 0 Å². The number of thioether (sulfide) groups is 1. The van der Waals surface area contributed by atoms with Crippen LogP contribution in [0.3, 0.4) is 0 Å². The summed E-state index contributed by atoms with van der Waals surface area (Å²) in [5.74, 6) is 2.12. The molecule has 2 aromatic rings. The summed E-state index contributed by atoms with van der Waals surface area (Å²) in [6, 6.07) is 0.462. The van der Waals surface area contributed by atoms with Gasteiger partial charge in [-0.05, 0) is 22.9 Å². The van der Waals surface area contributed by atoms with Crippen molar-refractivity contribution in [3.63, 3.8) is 0 Å². The number of aryl methyl sites for hydroxylation is 1. The van der Waals surface area contributed by atoms with E-state index in [9.17, 15) is 0 Å². The number of aromatic nitrogens is 4. The van der Waals surface area contributed by atoms with Crippen molar-refractivity contribution in [3.05, 3.63) is 10.9 Å². The largest absolute Gasteiger partial charge is 0.351 e. The van der Waals surface area contributed by atoms with Crippen LogP contribution in [0.25, 0.3) is 11.0 Å². The molecule has 0 bridgehead atoms. The Balaban J connectivity index is 2.14. The number of halogens is 1. The minimum absolute atomic E-state index is 0.462. The number of rotatable bonds is 1. The smallest absolute Gasteiger partial charge is 0.164 e. The first-order valence-corrected chi connectivity index (χ1v) is 8.15. The highest BCUT2D eigenvalue weighted by atomic mass is 79.9. The second-order valence-electron chi connectivity index (χ2n) is 4.82. The van der Waals surface area contributed by atoms with Crippen LogP contribution in [-0.4, -0.2) is 43.3 Å². The third kappa shape index (κ3) is 2.12. The Labute approximate surface area is 124 Å². The molecule has 1 aliphatic rings. The molecule has 1 saturated heterocycles. The zero-order valence-corrected chi connectivity index (χ0v) is 13.6. The lowest BCUT2D eigenvalue weighted by Crippen LogP contribution is -2.45. The van der Waals surface area contributed by atoms with Gasteiger partial charge < -0.3 is 4.90 Å². The van der Waals surface area contributed by atoms with Crippen molar-refractivity contribution in [2.75, 3.05) is 17.2 Å². The van der Waals surface area contributed by atoms with Crippen LogP contribution in [0.4, 0.5) is 5.82 Å². The first kappa shape index (κ1) is 13.2.